The van der Waals surface area contributed by atoms with Crippen molar-refractivity contribution in [1.29, 1.82) is 0 Å². The molecule has 0 spiro atoms. The van der Waals surface area contributed by atoms with Crippen molar-refractivity contribution in [3.05, 3.63) is 22.8 Å². The van der Waals surface area contributed by atoms with Crippen molar-refractivity contribution >= 4 is 40.3 Å². The molecule has 7 heteroatoms. The quantitative estimate of drug-likeness (QED) is 0.906. The van der Waals surface area contributed by atoms with E-state index in [0.29, 0.717) is 16.5 Å². The highest BCUT2D eigenvalue weighted by molar-refractivity contribution is 8.14. The summed E-state index contributed by atoms with van der Waals surface area (Å²) in [5.41, 5.74) is 0.534. The molecule has 19 heavy (non-hydrogen) atoms. The molecule has 0 aliphatic carbocycles. The van der Waals surface area contributed by atoms with Crippen LogP contribution in [-0.4, -0.2) is 33.3 Å². The Kier molecular flexibility index (Phi) is 4.66. The summed E-state index contributed by atoms with van der Waals surface area (Å²) in [6, 6.07) is 3.50. The minimum atomic E-state index is -0.241. The minimum absolute atomic E-state index is 0.130. The summed E-state index contributed by atoms with van der Waals surface area (Å²) in [5, 5.41) is 3.36. The molecule has 102 valence electrons. The van der Waals surface area contributed by atoms with Gasteiger partial charge in [-0.2, -0.15) is 0 Å². The number of rotatable bonds is 5. The molecule has 2 amide bonds. The van der Waals surface area contributed by atoms with Crippen LogP contribution < -0.4 is 5.32 Å². The van der Waals surface area contributed by atoms with Crippen LogP contribution in [0, 0.1) is 0 Å². The number of carbonyl (C=O) groups is 2. The number of anilines is 1. The second-order valence-corrected chi connectivity index (χ2v) is 5.42. The Balaban J connectivity index is 2.14. The molecule has 1 saturated heterocycles. The van der Waals surface area contributed by atoms with Crippen LogP contribution in [0.4, 0.5) is 10.6 Å². The van der Waals surface area contributed by atoms with Crippen LogP contribution in [0.25, 0.3) is 0 Å². The molecule has 2 heterocycles. The third kappa shape index (κ3) is 3.39. The molecule has 1 aliphatic heterocycles. The van der Waals surface area contributed by atoms with Crippen molar-refractivity contribution in [2.45, 2.75) is 19.9 Å². The lowest BCUT2D eigenvalue weighted by Crippen LogP contribution is -2.28. The maximum absolute atomic E-state index is 11.6. The van der Waals surface area contributed by atoms with E-state index in [4.69, 9.17) is 11.6 Å². The van der Waals surface area contributed by atoms with Gasteiger partial charge in [-0.25, -0.2) is 4.98 Å². The molecule has 1 aromatic heterocycles. The number of carbonyl (C=O) groups excluding carboxylic acids is 2. The summed E-state index contributed by atoms with van der Waals surface area (Å²) in [6.07, 6.45) is 0.985. The molecule has 0 unspecified atom stereocenters. The molecule has 1 fully saturated rings. The van der Waals surface area contributed by atoms with Crippen molar-refractivity contribution in [2.75, 3.05) is 17.6 Å². The lowest BCUT2D eigenvalue weighted by Gasteiger charge is -2.14. The van der Waals surface area contributed by atoms with E-state index in [0.717, 1.165) is 24.7 Å². The summed E-state index contributed by atoms with van der Waals surface area (Å²) in [4.78, 5) is 28.6. The Labute approximate surface area is 120 Å². The summed E-state index contributed by atoms with van der Waals surface area (Å²) < 4.78 is 0. The molecule has 2 rings (SSSR count). The number of hydrogen-bond donors (Lipinski definition) is 1. The fraction of sp³-hybridized carbons (Fsp3) is 0.417. The maximum atomic E-state index is 11.6. The Morgan fingerprint density at radius 3 is 2.89 bits per heavy atom. The number of aromatic nitrogens is 1. The first kappa shape index (κ1) is 14.1. The first-order valence-corrected chi connectivity index (χ1v) is 7.34. The van der Waals surface area contributed by atoms with E-state index in [9.17, 15) is 9.59 Å². The summed E-state index contributed by atoms with van der Waals surface area (Å²) in [6.45, 7) is 3.00. The van der Waals surface area contributed by atoms with Crippen LogP contribution in [0.15, 0.2) is 12.1 Å². The van der Waals surface area contributed by atoms with E-state index in [1.807, 2.05) is 0 Å². The molecule has 0 aromatic carbocycles. The second-order valence-electron chi connectivity index (χ2n) is 4.09. The van der Waals surface area contributed by atoms with Gasteiger partial charge in [0.1, 0.15) is 5.82 Å². The van der Waals surface area contributed by atoms with Crippen LogP contribution in [0.2, 0.25) is 5.02 Å². The van der Waals surface area contributed by atoms with Gasteiger partial charge in [0.25, 0.3) is 5.24 Å². The second kappa shape index (κ2) is 6.25. The lowest BCUT2D eigenvalue weighted by molar-refractivity contribution is -0.125. The fourth-order valence-corrected chi connectivity index (χ4v) is 2.52. The number of amides is 2. The molecular formula is C12H14ClN3O2S. The van der Waals surface area contributed by atoms with Crippen LogP contribution in [-0.2, 0) is 11.3 Å². The Morgan fingerprint density at radius 2 is 2.26 bits per heavy atom. The molecule has 1 N–H and O–H groups in total. The standard InChI is InChI=1S/C12H14ClN3O2S/c1-2-5-14-10-4-3-8(13)9(15-10)6-16-11(17)7-19-12(16)18/h3-4H,2,5-7H2,1H3,(H,14,15). The number of hydrogen-bond acceptors (Lipinski definition) is 5. The molecule has 0 saturated carbocycles. The van der Waals surface area contributed by atoms with E-state index in [1.54, 1.807) is 12.1 Å². The first-order valence-electron chi connectivity index (χ1n) is 5.98. The Hall–Kier alpha value is -1.27. The van der Waals surface area contributed by atoms with Crippen LogP contribution >= 0.6 is 23.4 Å². The third-order valence-corrected chi connectivity index (χ3v) is 3.83. The molecule has 0 radical (unpaired) electrons. The van der Waals surface area contributed by atoms with Crippen molar-refractivity contribution in [3.8, 4) is 0 Å². The minimum Gasteiger partial charge on any atom is -0.370 e. The van der Waals surface area contributed by atoms with E-state index in [2.05, 4.69) is 17.2 Å². The van der Waals surface area contributed by atoms with Crippen molar-refractivity contribution in [1.82, 2.24) is 9.88 Å². The van der Waals surface area contributed by atoms with Gasteiger partial charge in [0.15, 0.2) is 0 Å². The number of imide groups is 1. The smallest absolute Gasteiger partial charge is 0.289 e. The van der Waals surface area contributed by atoms with Gasteiger partial charge >= 0.3 is 0 Å². The highest BCUT2D eigenvalue weighted by Crippen LogP contribution is 2.24. The van der Waals surface area contributed by atoms with E-state index in [1.165, 1.54) is 4.90 Å². The third-order valence-electron chi connectivity index (χ3n) is 2.62. The van der Waals surface area contributed by atoms with Gasteiger partial charge in [-0.15, -0.1) is 0 Å². The zero-order valence-electron chi connectivity index (χ0n) is 10.5. The zero-order valence-corrected chi connectivity index (χ0v) is 12.1. The monoisotopic (exact) mass is 299 g/mol. The molecular weight excluding hydrogens is 286 g/mol. The summed E-state index contributed by atoms with van der Waals surface area (Å²) >= 11 is 7.07. The lowest BCUT2D eigenvalue weighted by atomic mass is 10.3. The maximum Gasteiger partial charge on any atom is 0.289 e. The van der Waals surface area contributed by atoms with Gasteiger partial charge in [0.2, 0.25) is 5.91 Å². The van der Waals surface area contributed by atoms with Crippen molar-refractivity contribution < 1.29 is 9.59 Å². The SMILES string of the molecule is CCCNc1ccc(Cl)c(CN2C(=O)CSC2=O)n1. The van der Waals surface area contributed by atoms with Gasteiger partial charge in [-0.1, -0.05) is 30.3 Å². The van der Waals surface area contributed by atoms with Crippen LogP contribution in [0.5, 0.6) is 0 Å². The van der Waals surface area contributed by atoms with E-state index >= 15 is 0 Å². The number of pyridine rings is 1. The van der Waals surface area contributed by atoms with Gasteiger partial charge in [0, 0.05) is 6.54 Å². The average Bonchev–Trinajstić information content (AvgIpc) is 2.71. The highest BCUT2D eigenvalue weighted by atomic mass is 35.5. The predicted octanol–water partition coefficient (Wildman–Crippen LogP) is 2.75. The normalized spacial score (nSPS) is 15.2. The van der Waals surface area contributed by atoms with E-state index in [-0.39, 0.29) is 23.4 Å². The van der Waals surface area contributed by atoms with Crippen molar-refractivity contribution in [3.63, 3.8) is 0 Å². The average molecular weight is 300 g/mol. The predicted molar refractivity (Wildman–Crippen MR) is 76.4 cm³/mol. The van der Waals surface area contributed by atoms with Crippen LogP contribution in [0.3, 0.4) is 0 Å². The molecule has 1 aromatic rings. The molecule has 0 bridgehead atoms. The van der Waals surface area contributed by atoms with Gasteiger partial charge in [-0.05, 0) is 18.6 Å². The summed E-state index contributed by atoms with van der Waals surface area (Å²) in [7, 11) is 0. The summed E-state index contributed by atoms with van der Waals surface area (Å²) in [5.74, 6) is 0.706. The van der Waals surface area contributed by atoms with E-state index < -0.39 is 0 Å². The van der Waals surface area contributed by atoms with Gasteiger partial charge in [-0.3, -0.25) is 14.5 Å². The van der Waals surface area contributed by atoms with Crippen LogP contribution in [0.1, 0.15) is 19.0 Å². The Bertz CT molecular complexity index is 494. The first-order chi connectivity index (χ1) is 9.11. The fourth-order valence-electron chi connectivity index (χ4n) is 1.63. The largest absolute Gasteiger partial charge is 0.370 e. The highest BCUT2D eigenvalue weighted by Gasteiger charge is 2.30. The Morgan fingerprint density at radius 1 is 1.47 bits per heavy atom. The zero-order chi connectivity index (χ0) is 13.8. The number of nitrogens with zero attached hydrogens (tertiary/aromatic N) is 2. The van der Waals surface area contributed by atoms with Gasteiger partial charge in [0.05, 0.1) is 23.0 Å². The number of thioether (sulfide) groups is 1. The number of nitrogens with one attached hydrogen (secondary N) is 1. The molecule has 0 atom stereocenters. The van der Waals surface area contributed by atoms with Gasteiger partial charge < -0.3 is 5.32 Å². The van der Waals surface area contributed by atoms with Crippen molar-refractivity contribution in [2.24, 2.45) is 0 Å². The topological polar surface area (TPSA) is 62.3 Å². The molecule has 1 aliphatic rings. The molecule has 5 nitrogen and oxygen atoms in total. The number of halogens is 1.